The molecule has 11 nitrogen and oxygen atoms in total. The molecule has 3 amide bonds. The molecule has 0 fully saturated rings. The maximum atomic E-state index is 13.5. The van der Waals surface area contributed by atoms with Crippen molar-refractivity contribution >= 4 is 39.8 Å². The lowest BCUT2D eigenvalue weighted by atomic mass is 10.0. The van der Waals surface area contributed by atoms with E-state index in [1.54, 1.807) is 67.6 Å². The third-order valence-electron chi connectivity index (χ3n) is 5.49. The van der Waals surface area contributed by atoms with Gasteiger partial charge in [0, 0.05) is 12.8 Å². The van der Waals surface area contributed by atoms with Gasteiger partial charge in [0.1, 0.15) is 35.9 Å². The first-order valence-electron chi connectivity index (χ1n) is 12.8. The van der Waals surface area contributed by atoms with Crippen LogP contribution in [0.2, 0.25) is 1.41 Å². The highest BCUT2D eigenvalue weighted by Gasteiger charge is 2.31. The molecule has 0 aliphatic carbocycles. The summed E-state index contributed by atoms with van der Waals surface area (Å²) in [6, 6.07) is 15.3. The molecule has 1 aliphatic heterocycles. The van der Waals surface area contributed by atoms with Crippen LogP contribution >= 0.6 is 15.9 Å². The highest BCUT2D eigenvalue weighted by Crippen LogP contribution is 2.16. The van der Waals surface area contributed by atoms with Gasteiger partial charge in [-0.2, -0.15) is 0 Å². The molecular formula is C27H31BrN4O7. The number of hydrogen-bond acceptors (Lipinski definition) is 8. The minimum atomic E-state index is -1.34. The third kappa shape index (κ3) is 10.4. The standard InChI is InChI=1S/C27H31BrN4O7/c1-2-37-24(33)16-29-25(34)22(14-20-15-23(28)32-39-20)30-26(35)21(13-18-9-5-3-6-10-18)31-27(36)38-17-19-11-7-4-8-12-19/h3-12,15,20-22,32H,2,13-14,16-17H2,1H3,(H,29,34)(H,30,35)(H,31,36)/t20?,21-,22-/m0/s1/i/hD. The Morgan fingerprint density at radius 2 is 1.67 bits per heavy atom. The van der Waals surface area contributed by atoms with Gasteiger partial charge in [0.15, 0.2) is 1.41 Å². The fraction of sp³-hybridized carbons (Fsp3) is 0.333. The van der Waals surface area contributed by atoms with Gasteiger partial charge in [0.2, 0.25) is 11.8 Å². The number of alkyl carbamates (subject to hydrolysis) is 1. The van der Waals surface area contributed by atoms with Gasteiger partial charge in [-0.25, -0.2) is 4.79 Å². The van der Waals surface area contributed by atoms with Gasteiger partial charge in [0.25, 0.3) is 0 Å². The van der Waals surface area contributed by atoms with Crippen molar-refractivity contribution in [1.82, 2.24) is 21.4 Å². The van der Waals surface area contributed by atoms with Gasteiger partial charge in [-0.1, -0.05) is 60.7 Å². The Labute approximate surface area is 236 Å². The average Bonchev–Trinajstić information content (AvgIpc) is 3.38. The number of esters is 1. The summed E-state index contributed by atoms with van der Waals surface area (Å²) >= 11 is 3.24. The number of amides is 3. The lowest BCUT2D eigenvalue weighted by molar-refractivity contribution is -0.143. The zero-order valence-corrected chi connectivity index (χ0v) is 22.9. The Morgan fingerprint density at radius 1 is 1.00 bits per heavy atom. The normalized spacial score (nSPS) is 16.0. The van der Waals surface area contributed by atoms with E-state index in [1.165, 1.54) is 0 Å². The van der Waals surface area contributed by atoms with Crippen molar-refractivity contribution in [2.45, 2.75) is 44.6 Å². The molecule has 39 heavy (non-hydrogen) atoms. The van der Waals surface area contributed by atoms with Crippen molar-refractivity contribution in [2.75, 3.05) is 13.2 Å². The van der Waals surface area contributed by atoms with Crippen molar-refractivity contribution < 1.29 is 34.9 Å². The van der Waals surface area contributed by atoms with Crippen molar-refractivity contribution in [3.05, 3.63) is 82.5 Å². The Hall–Kier alpha value is -3.90. The molecule has 1 unspecified atom stereocenters. The van der Waals surface area contributed by atoms with E-state index in [9.17, 15) is 19.2 Å². The monoisotopic (exact) mass is 603 g/mol. The molecule has 0 spiro atoms. The van der Waals surface area contributed by atoms with Crippen molar-refractivity contribution in [3.63, 3.8) is 0 Å². The van der Waals surface area contributed by atoms with Gasteiger partial charge in [0.05, 0.1) is 6.61 Å². The number of hydrogen-bond donors (Lipinski definition) is 4. The predicted molar refractivity (Wildman–Crippen MR) is 145 cm³/mol. The Bertz CT molecular complexity index is 1190. The summed E-state index contributed by atoms with van der Waals surface area (Å²) in [5.74, 6) is -2.06. The summed E-state index contributed by atoms with van der Waals surface area (Å²) in [4.78, 5) is 56.5. The van der Waals surface area contributed by atoms with Crippen LogP contribution in [0.1, 0.15) is 24.5 Å². The van der Waals surface area contributed by atoms with Crippen LogP contribution in [0.3, 0.4) is 0 Å². The van der Waals surface area contributed by atoms with Gasteiger partial charge in [-0.3, -0.25) is 24.7 Å². The smallest absolute Gasteiger partial charge is 0.408 e. The molecular weight excluding hydrogens is 572 g/mol. The second kappa shape index (κ2) is 15.5. The predicted octanol–water partition coefficient (Wildman–Crippen LogP) is 2.22. The summed E-state index contributed by atoms with van der Waals surface area (Å²) in [6.07, 6.45) is 0.0243. The maximum Gasteiger partial charge on any atom is 0.408 e. The molecule has 1 aliphatic rings. The summed E-state index contributed by atoms with van der Waals surface area (Å²) in [5, 5.41) is 5.53. The number of benzene rings is 2. The lowest BCUT2D eigenvalue weighted by Gasteiger charge is -2.24. The van der Waals surface area contributed by atoms with E-state index >= 15 is 0 Å². The highest BCUT2D eigenvalue weighted by atomic mass is 79.9. The number of ether oxygens (including phenoxy) is 2. The quantitative estimate of drug-likeness (QED) is 0.201. The number of carbonyl (C=O) groups is 4. The first-order chi connectivity index (χ1) is 19.3. The average molecular weight is 604 g/mol. The lowest BCUT2D eigenvalue weighted by Crippen LogP contribution is -2.55. The molecule has 3 atom stereocenters. The Morgan fingerprint density at radius 3 is 2.28 bits per heavy atom. The van der Waals surface area contributed by atoms with Crippen LogP contribution in [0.15, 0.2) is 71.3 Å². The molecule has 1 heterocycles. The van der Waals surface area contributed by atoms with E-state index in [0.717, 1.165) is 5.56 Å². The largest absolute Gasteiger partial charge is 0.465 e. The Kier molecular flexibility index (Phi) is 11.2. The van der Waals surface area contributed by atoms with Crippen LogP contribution < -0.4 is 21.4 Å². The summed E-state index contributed by atoms with van der Waals surface area (Å²) < 4.78 is 19.1. The zero-order valence-electron chi connectivity index (χ0n) is 22.3. The third-order valence-corrected chi connectivity index (χ3v) is 5.92. The van der Waals surface area contributed by atoms with Crippen LogP contribution in [-0.2, 0) is 41.7 Å². The SMILES string of the molecule is [2H]N(C(=O)OCc1ccccc1)[C@@H](Cc1ccccc1)C(=O)N[C@@H](CC1C=C(Br)NO1)C(=O)NCC(=O)OCC. The van der Waals surface area contributed by atoms with E-state index in [-0.39, 0.29) is 26.1 Å². The fourth-order valence-corrected chi connectivity index (χ4v) is 4.01. The topological polar surface area (TPSA) is 144 Å². The number of rotatable bonds is 13. The van der Waals surface area contributed by atoms with Gasteiger partial charge < -0.3 is 25.4 Å². The molecule has 12 heteroatoms. The zero-order chi connectivity index (χ0) is 28.9. The molecule has 2 aromatic rings. The molecule has 0 aromatic heterocycles. The molecule has 208 valence electrons. The second-order valence-corrected chi connectivity index (χ2v) is 9.32. The summed E-state index contributed by atoms with van der Waals surface area (Å²) in [5.41, 5.74) is 4.02. The van der Waals surface area contributed by atoms with Crippen molar-refractivity contribution in [2.24, 2.45) is 0 Å². The van der Waals surface area contributed by atoms with Crippen LogP contribution in [-0.4, -0.2) is 55.2 Å². The van der Waals surface area contributed by atoms with Crippen molar-refractivity contribution in [3.8, 4) is 0 Å². The van der Waals surface area contributed by atoms with E-state index in [4.69, 9.17) is 15.7 Å². The fourth-order valence-electron chi connectivity index (χ4n) is 3.62. The molecule has 4 N–H and O–H groups in total. The van der Waals surface area contributed by atoms with Gasteiger partial charge in [-0.05, 0) is 40.1 Å². The van der Waals surface area contributed by atoms with Crippen LogP contribution in [0.5, 0.6) is 0 Å². The second-order valence-electron chi connectivity index (χ2n) is 8.47. The van der Waals surface area contributed by atoms with Crippen LogP contribution in [0.4, 0.5) is 4.79 Å². The summed E-state index contributed by atoms with van der Waals surface area (Å²) in [6.45, 7) is 1.31. The molecule has 0 saturated heterocycles. The molecule has 2 aromatic carbocycles. The van der Waals surface area contributed by atoms with Crippen LogP contribution in [0, 0.1) is 0 Å². The number of halogens is 1. The molecule has 0 radical (unpaired) electrons. The van der Waals surface area contributed by atoms with E-state index in [1.807, 2.05) is 6.07 Å². The maximum absolute atomic E-state index is 13.5. The van der Waals surface area contributed by atoms with Crippen molar-refractivity contribution in [1.29, 1.82) is 0 Å². The van der Waals surface area contributed by atoms with E-state index in [0.29, 0.717) is 15.5 Å². The minimum absolute atomic E-state index is 0.00297. The molecule has 0 bridgehead atoms. The first kappa shape index (κ1) is 28.1. The van der Waals surface area contributed by atoms with Gasteiger partial charge >= 0.3 is 12.1 Å². The molecule has 0 saturated carbocycles. The van der Waals surface area contributed by atoms with Gasteiger partial charge in [-0.15, -0.1) is 0 Å². The Balaban J connectivity index is 1.76. The van der Waals surface area contributed by atoms with E-state index in [2.05, 4.69) is 32.0 Å². The number of hydroxylamine groups is 1. The minimum Gasteiger partial charge on any atom is -0.465 e. The number of carbonyl (C=O) groups excluding carboxylic acids is 4. The first-order valence-corrected chi connectivity index (χ1v) is 13.1. The highest BCUT2D eigenvalue weighted by molar-refractivity contribution is 9.11. The molecule has 3 rings (SSSR count). The summed E-state index contributed by atoms with van der Waals surface area (Å²) in [7, 11) is 0. The van der Waals surface area contributed by atoms with E-state index < -0.39 is 48.6 Å². The number of nitrogens with one attached hydrogen (secondary N) is 4. The van der Waals surface area contributed by atoms with Crippen LogP contribution in [0.25, 0.3) is 0 Å².